The first-order chi connectivity index (χ1) is 8.47. The number of benzene rings is 1. The van der Waals surface area contributed by atoms with E-state index in [2.05, 4.69) is 14.7 Å². The highest BCUT2D eigenvalue weighted by Gasteiger charge is 2.14. The van der Waals surface area contributed by atoms with Crippen LogP contribution in [0.15, 0.2) is 46.1 Å². The number of nitrogens with zero attached hydrogens (tertiary/aromatic N) is 1. The van der Waals surface area contributed by atoms with Gasteiger partial charge in [-0.05, 0) is 19.1 Å². The Morgan fingerprint density at radius 1 is 1.22 bits per heavy atom. The number of rotatable bonds is 3. The molecular weight excluding hydrogens is 254 g/mol. The minimum atomic E-state index is -3.73. The van der Waals surface area contributed by atoms with Crippen LogP contribution in [0.4, 0.5) is 5.95 Å². The molecule has 0 atom stereocenters. The number of aryl methyl sites for hydroxylation is 1. The van der Waals surface area contributed by atoms with E-state index in [4.69, 9.17) is 0 Å². The molecule has 0 aliphatic heterocycles. The molecule has 0 aliphatic rings. The Balaban J connectivity index is 2.37. The fourth-order valence-electron chi connectivity index (χ4n) is 1.41. The zero-order valence-corrected chi connectivity index (χ0v) is 10.4. The average molecular weight is 265 g/mol. The quantitative estimate of drug-likeness (QED) is 0.861. The number of hydrogen-bond donors (Lipinski definition) is 2. The first kappa shape index (κ1) is 12.3. The molecule has 2 aromatic rings. The number of nitrogens with one attached hydrogen (secondary N) is 2. The summed E-state index contributed by atoms with van der Waals surface area (Å²) in [7, 11) is -3.73. The van der Waals surface area contributed by atoms with Crippen LogP contribution in [0.25, 0.3) is 0 Å². The van der Waals surface area contributed by atoms with Gasteiger partial charge in [0.15, 0.2) is 0 Å². The van der Waals surface area contributed by atoms with Crippen molar-refractivity contribution < 1.29 is 8.42 Å². The van der Waals surface area contributed by atoms with Crippen molar-refractivity contribution in [3.63, 3.8) is 0 Å². The van der Waals surface area contributed by atoms with Gasteiger partial charge in [0.25, 0.3) is 15.6 Å². The number of sulfonamides is 1. The molecule has 0 spiro atoms. The van der Waals surface area contributed by atoms with Crippen molar-refractivity contribution in [1.82, 2.24) is 9.97 Å². The summed E-state index contributed by atoms with van der Waals surface area (Å²) in [6.45, 7) is 1.61. The average Bonchev–Trinajstić information content (AvgIpc) is 2.28. The second-order valence-electron chi connectivity index (χ2n) is 3.65. The van der Waals surface area contributed by atoms with Gasteiger partial charge < -0.3 is 0 Å². The first-order valence-corrected chi connectivity index (χ1v) is 6.61. The van der Waals surface area contributed by atoms with Gasteiger partial charge in [-0.15, -0.1) is 0 Å². The topological polar surface area (TPSA) is 91.9 Å². The first-order valence-electron chi connectivity index (χ1n) is 5.13. The van der Waals surface area contributed by atoms with Crippen LogP contribution in [0, 0.1) is 6.92 Å². The lowest BCUT2D eigenvalue weighted by atomic mass is 10.4. The van der Waals surface area contributed by atoms with Crippen LogP contribution in [-0.4, -0.2) is 18.4 Å². The van der Waals surface area contributed by atoms with Crippen LogP contribution in [0.2, 0.25) is 0 Å². The van der Waals surface area contributed by atoms with E-state index in [1.807, 2.05) is 0 Å². The van der Waals surface area contributed by atoms with Gasteiger partial charge in [-0.3, -0.25) is 9.78 Å². The molecular formula is C11H11N3O3S. The SMILES string of the molecule is Cc1cc(=O)[nH]c(NS(=O)(=O)c2ccccc2)n1. The molecule has 0 amide bonds. The maximum absolute atomic E-state index is 12.0. The second-order valence-corrected chi connectivity index (χ2v) is 5.34. The third-order valence-electron chi connectivity index (χ3n) is 2.15. The van der Waals surface area contributed by atoms with Crippen molar-refractivity contribution in [2.24, 2.45) is 0 Å². The molecule has 2 rings (SSSR count). The van der Waals surface area contributed by atoms with Crippen LogP contribution < -0.4 is 10.3 Å². The van der Waals surface area contributed by atoms with Gasteiger partial charge in [0.05, 0.1) is 4.90 Å². The van der Waals surface area contributed by atoms with E-state index >= 15 is 0 Å². The summed E-state index contributed by atoms with van der Waals surface area (Å²) >= 11 is 0. The lowest BCUT2D eigenvalue weighted by Gasteiger charge is -2.06. The number of aromatic nitrogens is 2. The van der Waals surface area contributed by atoms with E-state index in [-0.39, 0.29) is 10.8 Å². The molecule has 1 aromatic carbocycles. The Kier molecular flexibility index (Phi) is 3.15. The molecule has 0 aliphatic carbocycles. The number of aromatic amines is 1. The Morgan fingerprint density at radius 2 is 1.89 bits per heavy atom. The van der Waals surface area contributed by atoms with Crippen molar-refractivity contribution >= 4 is 16.0 Å². The predicted molar refractivity (Wildman–Crippen MR) is 66.8 cm³/mol. The smallest absolute Gasteiger partial charge is 0.264 e. The normalized spacial score (nSPS) is 11.2. The van der Waals surface area contributed by atoms with Crippen LogP contribution >= 0.6 is 0 Å². The molecule has 0 saturated heterocycles. The van der Waals surface area contributed by atoms with Crippen molar-refractivity contribution in [2.75, 3.05) is 4.72 Å². The highest BCUT2D eigenvalue weighted by Crippen LogP contribution is 2.11. The maximum atomic E-state index is 12.0. The second kappa shape index (κ2) is 4.61. The highest BCUT2D eigenvalue weighted by atomic mass is 32.2. The summed E-state index contributed by atoms with van der Waals surface area (Å²) in [5.74, 6) is -0.0937. The largest absolute Gasteiger partial charge is 0.292 e. The van der Waals surface area contributed by atoms with E-state index in [0.717, 1.165) is 0 Å². The third-order valence-corrected chi connectivity index (χ3v) is 3.51. The molecule has 0 saturated carbocycles. The van der Waals surface area contributed by atoms with Crippen molar-refractivity contribution in [1.29, 1.82) is 0 Å². The van der Waals surface area contributed by atoms with Gasteiger partial charge in [-0.25, -0.2) is 18.1 Å². The molecule has 2 N–H and O–H groups in total. The molecule has 0 fully saturated rings. The molecule has 0 bridgehead atoms. The summed E-state index contributed by atoms with van der Waals surface area (Å²) in [5, 5.41) is 0. The fourth-order valence-corrected chi connectivity index (χ4v) is 2.40. The van der Waals surface area contributed by atoms with Crippen LogP contribution in [0.3, 0.4) is 0 Å². The molecule has 0 unspecified atom stereocenters. The van der Waals surface area contributed by atoms with Gasteiger partial charge in [0.2, 0.25) is 5.95 Å². The number of anilines is 1. The fraction of sp³-hybridized carbons (Fsp3) is 0.0909. The Bertz CT molecular complexity index is 708. The Morgan fingerprint density at radius 3 is 2.50 bits per heavy atom. The van der Waals surface area contributed by atoms with Crippen molar-refractivity contribution in [3.05, 3.63) is 52.4 Å². The molecule has 94 valence electrons. The Labute approximate surface area is 104 Å². The summed E-state index contributed by atoms with van der Waals surface area (Å²) in [6, 6.07) is 9.13. The summed E-state index contributed by atoms with van der Waals surface area (Å²) in [6.07, 6.45) is 0. The third kappa shape index (κ3) is 2.75. The van der Waals surface area contributed by atoms with Gasteiger partial charge in [0.1, 0.15) is 0 Å². The van der Waals surface area contributed by atoms with E-state index in [1.165, 1.54) is 18.2 Å². The summed E-state index contributed by atoms with van der Waals surface area (Å²) < 4.78 is 26.1. The number of H-pyrrole nitrogens is 1. The maximum Gasteiger partial charge on any atom is 0.264 e. The van der Waals surface area contributed by atoms with Gasteiger partial charge in [-0.2, -0.15) is 0 Å². The minimum Gasteiger partial charge on any atom is -0.292 e. The minimum absolute atomic E-state index is 0.0937. The van der Waals surface area contributed by atoms with Crippen LogP contribution in [-0.2, 0) is 10.0 Å². The molecule has 6 nitrogen and oxygen atoms in total. The standard InChI is InChI=1S/C11H11N3O3S/c1-8-7-10(15)13-11(12-8)14-18(16,17)9-5-3-2-4-6-9/h2-7H,1H3,(H2,12,13,14,15). The van der Waals surface area contributed by atoms with Crippen molar-refractivity contribution in [2.45, 2.75) is 11.8 Å². The number of hydrogen-bond acceptors (Lipinski definition) is 4. The van der Waals surface area contributed by atoms with Crippen LogP contribution in [0.1, 0.15) is 5.69 Å². The monoisotopic (exact) mass is 265 g/mol. The van der Waals surface area contributed by atoms with E-state index in [1.54, 1.807) is 25.1 Å². The van der Waals surface area contributed by atoms with E-state index < -0.39 is 15.6 Å². The molecule has 1 heterocycles. The van der Waals surface area contributed by atoms with Crippen molar-refractivity contribution in [3.8, 4) is 0 Å². The molecule has 0 radical (unpaired) electrons. The molecule has 7 heteroatoms. The lowest BCUT2D eigenvalue weighted by Crippen LogP contribution is -2.18. The van der Waals surface area contributed by atoms with E-state index in [9.17, 15) is 13.2 Å². The molecule has 1 aromatic heterocycles. The Hall–Kier alpha value is -2.15. The summed E-state index contributed by atoms with van der Waals surface area (Å²) in [4.78, 5) is 17.5. The zero-order chi connectivity index (χ0) is 13.2. The highest BCUT2D eigenvalue weighted by molar-refractivity contribution is 7.92. The van der Waals surface area contributed by atoms with Gasteiger partial charge in [0, 0.05) is 11.8 Å². The van der Waals surface area contributed by atoms with Crippen LogP contribution in [0.5, 0.6) is 0 Å². The molecule has 18 heavy (non-hydrogen) atoms. The lowest BCUT2D eigenvalue weighted by molar-refractivity contribution is 0.600. The summed E-state index contributed by atoms with van der Waals surface area (Å²) in [5.41, 5.74) is 0.0257. The predicted octanol–water partition coefficient (Wildman–Crippen LogP) is 0.879. The van der Waals surface area contributed by atoms with E-state index in [0.29, 0.717) is 5.69 Å². The zero-order valence-electron chi connectivity index (χ0n) is 9.54. The van der Waals surface area contributed by atoms with Gasteiger partial charge in [-0.1, -0.05) is 18.2 Å². The van der Waals surface area contributed by atoms with Gasteiger partial charge >= 0.3 is 0 Å².